The summed E-state index contributed by atoms with van der Waals surface area (Å²) in [6.45, 7) is 3.79. The third-order valence-corrected chi connectivity index (χ3v) is 5.35. The molecule has 1 aliphatic rings. The lowest BCUT2D eigenvalue weighted by Crippen LogP contribution is -2.27. The Hall–Kier alpha value is -2.57. The van der Waals surface area contributed by atoms with E-state index in [1.165, 1.54) is 11.8 Å². The number of hydrogen-bond acceptors (Lipinski definition) is 5. The average Bonchev–Trinajstić information content (AvgIpc) is 2.95. The summed E-state index contributed by atoms with van der Waals surface area (Å²) in [6, 6.07) is 13.2. The Morgan fingerprint density at radius 1 is 1.19 bits per heavy atom. The van der Waals surface area contributed by atoms with Gasteiger partial charge in [0, 0.05) is 5.56 Å². The molecule has 0 aliphatic carbocycles. The SMILES string of the molecule is C=CCc1cc(/C=C2/SC(=S)N(c3ccccc3)C2=O)cc(OC)c1OC. The molecular weight excluding hydrogens is 378 g/mol. The zero-order valence-corrected chi connectivity index (χ0v) is 16.7. The molecule has 0 radical (unpaired) electrons. The number of rotatable bonds is 6. The minimum atomic E-state index is -0.128. The third kappa shape index (κ3) is 3.91. The van der Waals surface area contributed by atoms with Crippen LogP contribution in [0.3, 0.4) is 0 Å². The number of ether oxygens (including phenoxy) is 2. The minimum absolute atomic E-state index is 0.128. The van der Waals surface area contributed by atoms with Crippen molar-refractivity contribution in [3.05, 3.63) is 71.2 Å². The molecule has 0 spiro atoms. The summed E-state index contributed by atoms with van der Waals surface area (Å²) in [4.78, 5) is 15.0. The second-order valence-electron chi connectivity index (χ2n) is 5.76. The highest BCUT2D eigenvalue weighted by Crippen LogP contribution is 2.38. The molecule has 1 fully saturated rings. The molecule has 2 aromatic carbocycles. The van der Waals surface area contributed by atoms with Gasteiger partial charge in [-0.05, 0) is 42.3 Å². The van der Waals surface area contributed by atoms with E-state index in [0.29, 0.717) is 27.1 Å². The number of nitrogens with zero attached hydrogens (tertiary/aromatic N) is 1. The molecule has 1 heterocycles. The fourth-order valence-corrected chi connectivity index (χ4v) is 4.18. The molecule has 1 amide bonds. The lowest BCUT2D eigenvalue weighted by molar-refractivity contribution is -0.113. The van der Waals surface area contributed by atoms with Crippen molar-refractivity contribution in [2.45, 2.75) is 6.42 Å². The summed E-state index contributed by atoms with van der Waals surface area (Å²) in [6.07, 6.45) is 4.26. The minimum Gasteiger partial charge on any atom is -0.493 e. The first-order valence-electron chi connectivity index (χ1n) is 8.27. The van der Waals surface area contributed by atoms with Crippen molar-refractivity contribution in [3.63, 3.8) is 0 Å². The van der Waals surface area contributed by atoms with Crippen molar-refractivity contribution in [2.75, 3.05) is 19.1 Å². The summed E-state index contributed by atoms with van der Waals surface area (Å²) in [5.74, 6) is 1.16. The fourth-order valence-electron chi connectivity index (χ4n) is 2.88. The first-order valence-corrected chi connectivity index (χ1v) is 9.50. The number of carbonyl (C=O) groups is 1. The number of amides is 1. The maximum absolute atomic E-state index is 12.9. The van der Waals surface area contributed by atoms with Gasteiger partial charge in [-0.25, -0.2) is 0 Å². The molecule has 0 saturated carbocycles. The third-order valence-electron chi connectivity index (χ3n) is 4.05. The van der Waals surface area contributed by atoms with Gasteiger partial charge in [0.1, 0.15) is 0 Å². The van der Waals surface area contributed by atoms with E-state index in [4.69, 9.17) is 21.7 Å². The van der Waals surface area contributed by atoms with Crippen molar-refractivity contribution in [1.29, 1.82) is 0 Å². The molecule has 138 valence electrons. The Morgan fingerprint density at radius 2 is 1.93 bits per heavy atom. The number of anilines is 1. The van der Waals surface area contributed by atoms with Crippen LogP contribution in [-0.2, 0) is 11.2 Å². The molecule has 0 bridgehead atoms. The first-order chi connectivity index (χ1) is 13.1. The van der Waals surface area contributed by atoms with Crippen LogP contribution in [0.4, 0.5) is 5.69 Å². The highest BCUT2D eigenvalue weighted by Gasteiger charge is 2.33. The lowest BCUT2D eigenvalue weighted by atomic mass is 10.0. The van der Waals surface area contributed by atoms with Crippen LogP contribution in [-0.4, -0.2) is 24.4 Å². The summed E-state index contributed by atoms with van der Waals surface area (Å²) >= 11 is 6.71. The van der Waals surface area contributed by atoms with E-state index in [9.17, 15) is 4.79 Å². The molecule has 27 heavy (non-hydrogen) atoms. The summed E-state index contributed by atoms with van der Waals surface area (Å²) in [7, 11) is 3.20. The maximum atomic E-state index is 12.9. The van der Waals surface area contributed by atoms with E-state index in [0.717, 1.165) is 16.8 Å². The van der Waals surface area contributed by atoms with Crippen LogP contribution in [0.1, 0.15) is 11.1 Å². The van der Waals surface area contributed by atoms with Crippen LogP contribution in [0.5, 0.6) is 11.5 Å². The van der Waals surface area contributed by atoms with Crippen LogP contribution in [0.2, 0.25) is 0 Å². The monoisotopic (exact) mass is 397 g/mol. The quantitative estimate of drug-likeness (QED) is 0.396. The predicted octanol–water partition coefficient (Wildman–Crippen LogP) is 4.84. The molecule has 0 aromatic heterocycles. The molecular formula is C21H19NO3S2. The number of thioether (sulfide) groups is 1. The number of para-hydroxylation sites is 1. The second kappa shape index (κ2) is 8.41. The van der Waals surface area contributed by atoms with Crippen molar-refractivity contribution in [3.8, 4) is 11.5 Å². The maximum Gasteiger partial charge on any atom is 0.270 e. The van der Waals surface area contributed by atoms with Crippen molar-refractivity contribution in [1.82, 2.24) is 0 Å². The van der Waals surface area contributed by atoms with Crippen LogP contribution >= 0.6 is 24.0 Å². The smallest absolute Gasteiger partial charge is 0.270 e. The number of benzene rings is 2. The number of allylic oxidation sites excluding steroid dienone is 1. The number of thiocarbonyl (C=S) groups is 1. The van der Waals surface area contributed by atoms with E-state index >= 15 is 0 Å². The van der Waals surface area contributed by atoms with Crippen molar-refractivity contribution in [2.24, 2.45) is 0 Å². The van der Waals surface area contributed by atoms with Crippen LogP contribution in [0.15, 0.2) is 60.0 Å². The zero-order valence-electron chi connectivity index (χ0n) is 15.1. The Morgan fingerprint density at radius 3 is 2.56 bits per heavy atom. The van der Waals surface area contributed by atoms with E-state index in [-0.39, 0.29) is 5.91 Å². The standard InChI is InChI=1S/C21H19NO3S2/c1-4-8-15-11-14(12-17(24-2)19(15)25-3)13-18-20(23)22(21(26)27-18)16-9-6-5-7-10-16/h4-7,9-13H,1,8H2,2-3H3/b18-13+. The van der Waals surface area contributed by atoms with Gasteiger partial charge in [0.15, 0.2) is 15.8 Å². The molecule has 6 heteroatoms. The molecule has 3 rings (SSSR count). The molecule has 0 unspecified atom stereocenters. The molecule has 1 aliphatic heterocycles. The summed E-state index contributed by atoms with van der Waals surface area (Å²) < 4.78 is 11.4. The van der Waals surface area contributed by atoms with Gasteiger partial charge < -0.3 is 9.47 Å². The first kappa shape index (κ1) is 19.2. The fraction of sp³-hybridized carbons (Fsp3) is 0.143. The number of methoxy groups -OCH3 is 2. The van der Waals surface area contributed by atoms with Crippen LogP contribution < -0.4 is 14.4 Å². The van der Waals surface area contributed by atoms with Gasteiger partial charge in [-0.1, -0.05) is 48.3 Å². The Kier molecular flexibility index (Phi) is 5.98. The molecule has 1 saturated heterocycles. The van der Waals surface area contributed by atoms with Gasteiger partial charge in [-0.3, -0.25) is 9.69 Å². The highest BCUT2D eigenvalue weighted by atomic mass is 32.2. The van der Waals surface area contributed by atoms with Gasteiger partial charge in [-0.2, -0.15) is 0 Å². The molecule has 0 atom stereocenters. The second-order valence-corrected chi connectivity index (χ2v) is 7.44. The van der Waals surface area contributed by atoms with Crippen LogP contribution in [0.25, 0.3) is 6.08 Å². The molecule has 4 nitrogen and oxygen atoms in total. The van der Waals surface area contributed by atoms with Gasteiger partial charge >= 0.3 is 0 Å². The summed E-state index contributed by atoms with van der Waals surface area (Å²) in [5.41, 5.74) is 2.55. The Labute approximate surface area is 168 Å². The molecule has 0 N–H and O–H groups in total. The normalized spacial score (nSPS) is 15.3. The van der Waals surface area contributed by atoms with Gasteiger partial charge in [-0.15, -0.1) is 6.58 Å². The van der Waals surface area contributed by atoms with Gasteiger partial charge in [0.25, 0.3) is 5.91 Å². The van der Waals surface area contributed by atoms with E-state index in [1.807, 2.05) is 48.5 Å². The van der Waals surface area contributed by atoms with Crippen LogP contribution in [0, 0.1) is 0 Å². The van der Waals surface area contributed by atoms with Crippen molar-refractivity contribution >= 4 is 46.0 Å². The van der Waals surface area contributed by atoms with E-state index < -0.39 is 0 Å². The zero-order chi connectivity index (χ0) is 19.4. The predicted molar refractivity (Wildman–Crippen MR) is 116 cm³/mol. The van der Waals surface area contributed by atoms with E-state index in [2.05, 4.69) is 6.58 Å². The Balaban J connectivity index is 1.99. The van der Waals surface area contributed by atoms with Gasteiger partial charge in [0.2, 0.25) is 0 Å². The lowest BCUT2D eigenvalue weighted by Gasteiger charge is -2.14. The van der Waals surface area contributed by atoms with Gasteiger partial charge in [0.05, 0.1) is 24.8 Å². The Bertz CT molecular complexity index is 923. The number of hydrogen-bond donors (Lipinski definition) is 0. The van der Waals surface area contributed by atoms with E-state index in [1.54, 1.807) is 25.2 Å². The largest absolute Gasteiger partial charge is 0.493 e. The topological polar surface area (TPSA) is 38.8 Å². The highest BCUT2D eigenvalue weighted by molar-refractivity contribution is 8.27. The van der Waals surface area contributed by atoms with Crippen molar-refractivity contribution < 1.29 is 14.3 Å². The average molecular weight is 398 g/mol. The summed E-state index contributed by atoms with van der Waals surface area (Å²) in [5, 5.41) is 0. The number of carbonyl (C=O) groups excluding carboxylic acids is 1. The molecule has 2 aromatic rings.